The summed E-state index contributed by atoms with van der Waals surface area (Å²) in [6, 6.07) is 0. The summed E-state index contributed by atoms with van der Waals surface area (Å²) >= 11 is 0. The summed E-state index contributed by atoms with van der Waals surface area (Å²) in [5.41, 5.74) is 0. The van der Waals surface area contributed by atoms with E-state index in [1.807, 2.05) is 0 Å². The smallest absolute Gasteiger partial charge is 0.222 e. The third-order valence-electron chi connectivity index (χ3n) is 0. The molecular formula is C11H31N5O5. The second-order valence-electron chi connectivity index (χ2n) is 0.510. The van der Waals surface area contributed by atoms with Gasteiger partial charge in [-0.1, -0.05) is 44.6 Å². The monoisotopic (exact) mass is 314 g/mol. The highest BCUT2D eigenvalue weighted by atomic mass is 16.1. The third kappa shape index (κ3) is 390. The highest BCUT2D eigenvalue weighted by Gasteiger charge is 1.04. The lowest BCUT2D eigenvalue weighted by atomic mass is 11.7. The van der Waals surface area contributed by atoms with Crippen molar-refractivity contribution in [2.45, 2.75) is 44.6 Å². The molecule has 0 aromatic heterocycles. The molecule has 0 bridgehead atoms. The Bertz CT molecular complexity index is 212. The minimum atomic E-state index is 0. The van der Waals surface area contributed by atoms with E-state index in [9.17, 15) is 0 Å². The van der Waals surface area contributed by atoms with Crippen molar-refractivity contribution in [2.24, 2.45) is 0 Å². The van der Waals surface area contributed by atoms with Crippen molar-refractivity contribution in [3.63, 3.8) is 0 Å². The number of nitrogens with one attached hydrogen (secondary N) is 5. The van der Waals surface area contributed by atoms with Gasteiger partial charge in [0.05, 0.1) is 0 Å². The van der Waals surface area contributed by atoms with Crippen LogP contribution in [0.5, 0.6) is 0 Å². The van der Waals surface area contributed by atoms with Gasteiger partial charge in [-0.25, -0.2) is 51.0 Å². The molecule has 0 saturated heterocycles. The first-order chi connectivity index (χ1) is 7.07. The third-order valence-corrected chi connectivity index (χ3v) is 0. The van der Waals surface area contributed by atoms with Gasteiger partial charge in [-0.3, -0.25) is 0 Å². The number of hydrogen-bond donors (Lipinski definition) is 5. The summed E-state index contributed by atoms with van der Waals surface area (Å²) < 4.78 is 0. The van der Waals surface area contributed by atoms with Gasteiger partial charge in [0.15, 0.2) is 0 Å². The summed E-state index contributed by atoms with van der Waals surface area (Å²) in [6.07, 6.45) is 3.75. The molecule has 10 nitrogen and oxygen atoms in total. The fourth-order valence-corrected chi connectivity index (χ4v) is 0. The van der Waals surface area contributed by atoms with E-state index in [4.69, 9.17) is 51.0 Å². The van der Waals surface area contributed by atoms with Crippen molar-refractivity contribution in [3.8, 4) is 0 Å². The predicted octanol–water partition coefficient (Wildman–Crippen LogP) is 3.57. The topological polar surface area (TPSA) is 205 Å². The van der Waals surface area contributed by atoms with E-state index in [2.05, 4.69) is 0 Å². The molecule has 0 aliphatic rings. The molecule has 0 unspecified atom stereocenters. The molecule has 0 heterocycles. The standard InChI is InChI=1S/5CHNO.6CH4.H2/c5*2-1-3;;;;;;;/h5*2H;6*1H4;1H/i;;;;;;;;;;;1+1. The second kappa shape index (κ2) is 1180. The maximum absolute atomic E-state index is 8.35. The fourth-order valence-electron chi connectivity index (χ4n) is 0. The molecule has 0 radical (unpaired) electrons. The van der Waals surface area contributed by atoms with E-state index in [1.54, 1.807) is 0 Å². The van der Waals surface area contributed by atoms with Crippen molar-refractivity contribution < 1.29 is 25.4 Å². The van der Waals surface area contributed by atoms with Crippen molar-refractivity contribution in [3.05, 3.63) is 0 Å². The Morgan fingerprint density at radius 3 is 0.381 bits per heavy atom. The van der Waals surface area contributed by atoms with Gasteiger partial charge in [0, 0.05) is 1.43 Å². The summed E-state index contributed by atoms with van der Waals surface area (Å²) in [4.78, 5) is 41.7. The molecule has 10 heteroatoms. The molecule has 5 N–H and O–H groups in total. The zero-order valence-electron chi connectivity index (χ0n) is 7.04. The number of isocyanates is 5. The molecule has 0 atom stereocenters. The summed E-state index contributed by atoms with van der Waals surface area (Å²) in [5.74, 6) is 0. The van der Waals surface area contributed by atoms with E-state index in [1.165, 1.54) is 0 Å². The quantitative estimate of drug-likeness (QED) is 0.334. The minimum absolute atomic E-state index is 0. The summed E-state index contributed by atoms with van der Waals surface area (Å²) in [7, 11) is 0. The molecule has 0 amide bonds. The largest absolute Gasteiger partial charge is 0.231 e. The minimum Gasteiger partial charge on any atom is -0.222 e. The van der Waals surface area contributed by atoms with Gasteiger partial charge < -0.3 is 0 Å². The zero-order chi connectivity index (χ0) is 13.5. The lowest BCUT2D eigenvalue weighted by molar-refractivity contribution is 0.562. The molecule has 0 rings (SSSR count). The maximum atomic E-state index is 8.35. The Hall–Kier alpha value is -3.10. The normalized spacial score (nSPS) is 1.90. The van der Waals surface area contributed by atoms with E-state index in [0.29, 0.717) is 0 Å². The van der Waals surface area contributed by atoms with E-state index < -0.39 is 0 Å². The average Bonchev–Trinajstić information content (AvgIpc) is 2.09. The van der Waals surface area contributed by atoms with E-state index >= 15 is 0 Å². The molecule has 0 aromatic rings. The first-order valence-electron chi connectivity index (χ1n) is 2.27. The van der Waals surface area contributed by atoms with Crippen LogP contribution in [-0.2, 0) is 24.0 Å². The van der Waals surface area contributed by atoms with Crippen LogP contribution in [0, 0.1) is 27.0 Å². The molecule has 0 aromatic carbocycles. The Balaban J connectivity index is -0.00000000526. The van der Waals surface area contributed by atoms with Gasteiger partial charge in [-0.05, 0) is 0 Å². The van der Waals surface area contributed by atoms with Crippen LogP contribution in [-0.4, -0.2) is 30.4 Å². The lowest BCUT2D eigenvalue weighted by Gasteiger charge is -1.02. The molecule has 0 saturated carbocycles. The van der Waals surface area contributed by atoms with Gasteiger partial charge in [0.2, 0.25) is 30.4 Å². The molecule has 0 fully saturated rings. The Morgan fingerprint density at radius 2 is 0.381 bits per heavy atom. The van der Waals surface area contributed by atoms with Gasteiger partial charge >= 0.3 is 0 Å². The zero-order valence-corrected chi connectivity index (χ0v) is 7.04. The highest BCUT2D eigenvalue weighted by molar-refractivity contribution is 5.27. The van der Waals surface area contributed by atoms with Gasteiger partial charge in [-0.15, -0.1) is 0 Å². The van der Waals surface area contributed by atoms with Crippen LogP contribution in [0.1, 0.15) is 46.0 Å². The average molecular weight is 314 g/mol. The van der Waals surface area contributed by atoms with E-state index in [0.717, 1.165) is 30.4 Å². The van der Waals surface area contributed by atoms with Crippen LogP contribution in [0.25, 0.3) is 0 Å². The SMILES string of the molecule is C.C.C.C.C.C.N=C=O.N=C=O.N=C=O.N=C=O.N=C=O.[2HH]. The first-order valence-corrected chi connectivity index (χ1v) is 2.27. The van der Waals surface area contributed by atoms with Crippen LogP contribution in [0.4, 0.5) is 0 Å². The van der Waals surface area contributed by atoms with Gasteiger partial charge in [0.25, 0.3) is 0 Å². The van der Waals surface area contributed by atoms with Crippen LogP contribution in [0.15, 0.2) is 0 Å². The molecule has 21 heavy (non-hydrogen) atoms. The number of hydrogen-bond acceptors (Lipinski definition) is 10. The van der Waals surface area contributed by atoms with Crippen LogP contribution < -0.4 is 0 Å². The molecule has 130 valence electrons. The van der Waals surface area contributed by atoms with E-state index in [-0.39, 0.29) is 46.0 Å². The molecule has 0 spiro atoms. The fraction of sp³-hybridized carbons (Fsp3) is 0.545. The van der Waals surface area contributed by atoms with Crippen LogP contribution in [0.3, 0.4) is 0 Å². The van der Waals surface area contributed by atoms with Gasteiger partial charge in [-0.2, -0.15) is 0 Å². The number of carbonyl (C=O) groups excluding carboxylic acids is 5. The first kappa shape index (κ1) is 107. The van der Waals surface area contributed by atoms with Crippen LogP contribution >= 0.6 is 0 Å². The van der Waals surface area contributed by atoms with Gasteiger partial charge in [0.1, 0.15) is 0 Å². The van der Waals surface area contributed by atoms with Crippen molar-refractivity contribution >= 4 is 30.4 Å². The second-order valence-corrected chi connectivity index (χ2v) is 0.510. The number of rotatable bonds is 0. The lowest BCUT2D eigenvalue weighted by Crippen LogP contribution is -1.16. The molecule has 0 aliphatic heterocycles. The van der Waals surface area contributed by atoms with Crippen LogP contribution in [0.2, 0.25) is 0 Å². The molecular weight excluding hydrogens is 282 g/mol. The summed E-state index contributed by atoms with van der Waals surface area (Å²) in [6.45, 7) is 0. The highest BCUT2D eigenvalue weighted by Crippen LogP contribution is 0.880. The molecule has 0 aliphatic carbocycles. The van der Waals surface area contributed by atoms with Crippen molar-refractivity contribution in [1.82, 2.24) is 0 Å². The Kier molecular flexibility index (Phi) is 6050. The Labute approximate surface area is 128 Å². The maximum Gasteiger partial charge on any atom is 0.231 e. The Morgan fingerprint density at radius 1 is 0.381 bits per heavy atom. The predicted molar refractivity (Wildman–Crippen MR) is 84.6 cm³/mol. The van der Waals surface area contributed by atoms with Crippen molar-refractivity contribution in [1.29, 1.82) is 27.0 Å². The van der Waals surface area contributed by atoms with Crippen molar-refractivity contribution in [2.75, 3.05) is 0 Å². The summed E-state index contributed by atoms with van der Waals surface area (Å²) in [5, 5.41) is 27.0.